The van der Waals surface area contributed by atoms with Crippen LogP contribution in [0.25, 0.3) is 17.0 Å². The van der Waals surface area contributed by atoms with E-state index in [9.17, 15) is 0 Å². The summed E-state index contributed by atoms with van der Waals surface area (Å²) in [5, 5.41) is 1.68. The second kappa shape index (κ2) is 6.54. The smallest absolute Gasteiger partial charge is 0.168 e. The van der Waals surface area contributed by atoms with Crippen LogP contribution in [0, 0.1) is 17.8 Å². The normalized spacial score (nSPS) is 21.9. The molecule has 0 amide bonds. The van der Waals surface area contributed by atoms with Crippen molar-refractivity contribution in [2.75, 3.05) is 0 Å². The molecule has 0 bridgehead atoms. The van der Waals surface area contributed by atoms with Gasteiger partial charge in [-0.15, -0.1) is 0 Å². The Labute approximate surface area is 147 Å². The number of allylic oxidation sites excluding steroid dienone is 1. The van der Waals surface area contributed by atoms with Crippen molar-refractivity contribution in [2.24, 2.45) is 17.8 Å². The van der Waals surface area contributed by atoms with Crippen LogP contribution in [-0.2, 0) is 4.74 Å². The molecular weight excluding hydrogens is 324 g/mol. The lowest BCUT2D eigenvalue weighted by Crippen LogP contribution is -2.33. The van der Waals surface area contributed by atoms with Gasteiger partial charge in [-0.05, 0) is 36.2 Å². The highest BCUT2D eigenvalue weighted by Crippen LogP contribution is 2.34. The van der Waals surface area contributed by atoms with E-state index in [1.165, 1.54) is 0 Å². The Kier molecular flexibility index (Phi) is 4.64. The van der Waals surface area contributed by atoms with Crippen molar-refractivity contribution < 1.29 is 9.15 Å². The van der Waals surface area contributed by atoms with Gasteiger partial charge in [-0.25, -0.2) is 0 Å². The van der Waals surface area contributed by atoms with E-state index in [0.29, 0.717) is 22.6 Å². The lowest BCUT2D eigenvalue weighted by molar-refractivity contribution is 0.313. The molecule has 120 valence electrons. The number of hydrogen-bond donors (Lipinski definition) is 0. The van der Waals surface area contributed by atoms with E-state index in [2.05, 4.69) is 20.8 Å². The molecule has 2 heterocycles. The summed E-state index contributed by atoms with van der Waals surface area (Å²) in [5.74, 6) is 2.66. The average Bonchev–Trinajstić information content (AvgIpc) is 2.92. The third-order valence-electron chi connectivity index (χ3n) is 4.59. The summed E-state index contributed by atoms with van der Waals surface area (Å²) in [5.41, 5.74) is 0.857. The minimum atomic E-state index is 0.252. The summed E-state index contributed by atoms with van der Waals surface area (Å²) in [7, 11) is 0. The minimum absolute atomic E-state index is 0.252. The first-order valence-corrected chi connectivity index (χ1v) is 8.72. The van der Waals surface area contributed by atoms with Crippen molar-refractivity contribution in [3.05, 3.63) is 41.9 Å². The van der Waals surface area contributed by atoms with Crippen molar-refractivity contribution in [3.63, 3.8) is 0 Å². The first-order valence-electron chi connectivity index (χ1n) is 7.91. The largest absolute Gasteiger partial charge is 0.457 e. The van der Waals surface area contributed by atoms with Crippen LogP contribution in [-0.4, -0.2) is 9.92 Å². The van der Waals surface area contributed by atoms with Crippen LogP contribution < -0.4 is 0 Å². The van der Waals surface area contributed by atoms with Crippen molar-refractivity contribution in [2.45, 2.75) is 27.2 Å². The third kappa shape index (κ3) is 3.38. The van der Waals surface area contributed by atoms with Crippen LogP contribution in [0.15, 0.2) is 40.5 Å². The number of furan rings is 1. The molecule has 2 aromatic rings. The van der Waals surface area contributed by atoms with Gasteiger partial charge in [0, 0.05) is 23.8 Å². The molecule has 1 aliphatic rings. The maximum Gasteiger partial charge on any atom is 0.168 e. The molecule has 0 radical (unpaired) electrons. The van der Waals surface area contributed by atoms with E-state index in [4.69, 9.17) is 33.6 Å². The Morgan fingerprint density at radius 3 is 2.61 bits per heavy atom. The Bertz CT molecular complexity index is 753. The van der Waals surface area contributed by atoms with Gasteiger partial charge in [0.1, 0.15) is 17.1 Å². The van der Waals surface area contributed by atoms with Gasteiger partial charge < -0.3 is 9.15 Å². The molecule has 2 atom stereocenters. The predicted molar refractivity (Wildman–Crippen MR) is 103 cm³/mol. The summed E-state index contributed by atoms with van der Waals surface area (Å²) in [6.45, 7) is 6.66. The molecule has 1 aliphatic heterocycles. The van der Waals surface area contributed by atoms with Crippen molar-refractivity contribution in [1.29, 1.82) is 0 Å². The number of benzene rings is 1. The topological polar surface area (TPSA) is 22.4 Å². The van der Waals surface area contributed by atoms with Gasteiger partial charge in [0.25, 0.3) is 0 Å². The number of para-hydroxylation sites is 1. The molecule has 0 saturated carbocycles. The SMILES string of the molecule is CC(C)C(C)C1CC(=S)OC(=Cc2cc3ccccc3o2)C1=S. The second-order valence-corrected chi connectivity index (χ2v) is 7.34. The van der Waals surface area contributed by atoms with Gasteiger partial charge in [-0.1, -0.05) is 51.2 Å². The molecule has 3 rings (SSSR count). The number of fused-ring (bicyclic) bond motifs is 1. The molecule has 0 aliphatic carbocycles. The summed E-state index contributed by atoms with van der Waals surface area (Å²) in [4.78, 5) is 0.847. The Morgan fingerprint density at radius 2 is 1.91 bits per heavy atom. The quantitative estimate of drug-likeness (QED) is 0.518. The molecule has 2 nitrogen and oxygen atoms in total. The van der Waals surface area contributed by atoms with Gasteiger partial charge in [0.05, 0.1) is 4.86 Å². The zero-order valence-electron chi connectivity index (χ0n) is 13.5. The van der Waals surface area contributed by atoms with Crippen LogP contribution >= 0.6 is 24.4 Å². The summed E-state index contributed by atoms with van der Waals surface area (Å²) >= 11 is 11.0. The van der Waals surface area contributed by atoms with Crippen LogP contribution in [0.4, 0.5) is 0 Å². The van der Waals surface area contributed by atoms with E-state index >= 15 is 0 Å². The highest BCUT2D eigenvalue weighted by molar-refractivity contribution is 7.81. The first-order chi connectivity index (χ1) is 11.0. The zero-order valence-corrected chi connectivity index (χ0v) is 15.2. The van der Waals surface area contributed by atoms with E-state index in [-0.39, 0.29) is 5.92 Å². The fourth-order valence-electron chi connectivity index (χ4n) is 2.86. The standard InChI is InChI=1S/C19H20O2S2/c1-11(2)12(3)15-10-18(22)21-17(19(15)23)9-14-8-13-6-4-5-7-16(13)20-14/h4-9,11-12,15H,10H2,1-3H3. The molecule has 4 heteroatoms. The molecule has 1 aromatic heterocycles. The lowest BCUT2D eigenvalue weighted by Gasteiger charge is -2.32. The molecule has 1 fully saturated rings. The maximum atomic E-state index is 5.84. The van der Waals surface area contributed by atoms with Gasteiger partial charge in [-0.2, -0.15) is 0 Å². The number of ether oxygens (including phenoxy) is 1. The van der Waals surface area contributed by atoms with Crippen molar-refractivity contribution in [3.8, 4) is 0 Å². The van der Waals surface area contributed by atoms with Crippen LogP contribution in [0.1, 0.15) is 33.0 Å². The Hall–Kier alpha value is -1.52. The molecule has 23 heavy (non-hydrogen) atoms. The molecule has 1 saturated heterocycles. The van der Waals surface area contributed by atoms with E-state index < -0.39 is 0 Å². The minimum Gasteiger partial charge on any atom is -0.457 e. The second-order valence-electron chi connectivity index (χ2n) is 6.45. The van der Waals surface area contributed by atoms with E-state index in [1.807, 2.05) is 36.4 Å². The summed E-state index contributed by atoms with van der Waals surface area (Å²) in [6, 6.07) is 9.92. The van der Waals surface area contributed by atoms with Gasteiger partial charge in [-0.3, -0.25) is 0 Å². The highest BCUT2D eigenvalue weighted by atomic mass is 32.1. The predicted octanol–water partition coefficient (Wildman–Crippen LogP) is 5.80. The molecule has 0 spiro atoms. The monoisotopic (exact) mass is 344 g/mol. The fraction of sp³-hybridized carbons (Fsp3) is 0.368. The third-order valence-corrected chi connectivity index (χ3v) is 5.35. The van der Waals surface area contributed by atoms with Gasteiger partial charge in [0.15, 0.2) is 5.05 Å². The van der Waals surface area contributed by atoms with E-state index in [0.717, 1.165) is 28.0 Å². The summed E-state index contributed by atoms with van der Waals surface area (Å²) in [6.07, 6.45) is 2.60. The van der Waals surface area contributed by atoms with Crippen LogP contribution in [0.5, 0.6) is 0 Å². The Morgan fingerprint density at radius 1 is 1.17 bits per heavy atom. The molecular formula is C19H20O2S2. The van der Waals surface area contributed by atoms with Crippen molar-refractivity contribution >= 4 is 51.4 Å². The van der Waals surface area contributed by atoms with Crippen molar-refractivity contribution in [1.82, 2.24) is 0 Å². The highest BCUT2D eigenvalue weighted by Gasteiger charge is 2.33. The van der Waals surface area contributed by atoms with Gasteiger partial charge >= 0.3 is 0 Å². The fourth-order valence-corrected chi connectivity index (χ4v) is 3.53. The first kappa shape index (κ1) is 16.3. The number of thiocarbonyl (C=S) groups is 2. The molecule has 1 aromatic carbocycles. The maximum absolute atomic E-state index is 5.84. The van der Waals surface area contributed by atoms with Gasteiger partial charge in [0.2, 0.25) is 0 Å². The lowest BCUT2D eigenvalue weighted by atomic mass is 9.79. The van der Waals surface area contributed by atoms with Crippen LogP contribution in [0.3, 0.4) is 0 Å². The van der Waals surface area contributed by atoms with Crippen LogP contribution in [0.2, 0.25) is 0 Å². The number of hydrogen-bond acceptors (Lipinski definition) is 4. The molecule has 0 N–H and O–H groups in total. The zero-order chi connectivity index (χ0) is 16.6. The summed E-state index contributed by atoms with van der Waals surface area (Å²) < 4.78 is 11.6. The van der Waals surface area contributed by atoms with E-state index in [1.54, 1.807) is 0 Å². The Balaban J connectivity index is 1.93. The molecule has 2 unspecified atom stereocenters. The number of rotatable bonds is 3. The average molecular weight is 345 g/mol.